The number of aromatic nitrogens is 1. The van der Waals surface area contributed by atoms with Crippen molar-refractivity contribution >= 4 is 72.8 Å². The van der Waals surface area contributed by atoms with Crippen molar-refractivity contribution in [3.05, 3.63) is 70.4 Å². The van der Waals surface area contributed by atoms with Gasteiger partial charge in [0, 0.05) is 67.0 Å². The van der Waals surface area contributed by atoms with Gasteiger partial charge in [-0.1, -0.05) is 37.2 Å². The number of rotatable bonds is 17. The number of alkyl halides is 2. The predicted molar refractivity (Wildman–Crippen MR) is 282 cm³/mol. The first-order valence-corrected chi connectivity index (χ1v) is 28.4. The molecule has 9 rings (SSSR count). The Morgan fingerprint density at radius 3 is 2.44 bits per heavy atom. The number of aromatic amines is 1. The van der Waals surface area contributed by atoms with Gasteiger partial charge >= 0.3 is 14.8 Å². The second kappa shape index (κ2) is 25.1. The van der Waals surface area contributed by atoms with Gasteiger partial charge in [0.25, 0.3) is 11.8 Å². The third kappa shape index (κ3) is 13.0. The maximum absolute atomic E-state index is 14.6. The maximum atomic E-state index is 14.6. The van der Waals surface area contributed by atoms with Crippen LogP contribution in [-0.2, 0) is 55.3 Å². The van der Waals surface area contributed by atoms with E-state index in [-0.39, 0.29) is 98.5 Å². The van der Waals surface area contributed by atoms with Crippen LogP contribution < -0.4 is 27.0 Å². The average molecular weight is 1130 g/mol. The zero-order chi connectivity index (χ0) is 56.8. The average Bonchev–Trinajstić information content (AvgIpc) is 4.22. The van der Waals surface area contributed by atoms with Gasteiger partial charge in [0.2, 0.25) is 41.4 Å². The summed E-state index contributed by atoms with van der Waals surface area (Å²) in [6.45, 7) is 1.13. The number of nitrogens with one attached hydrogen (secondary N) is 5. The van der Waals surface area contributed by atoms with E-state index in [1.54, 1.807) is 17.0 Å². The van der Waals surface area contributed by atoms with Gasteiger partial charge in [-0.3, -0.25) is 48.5 Å². The van der Waals surface area contributed by atoms with Gasteiger partial charge < -0.3 is 46.5 Å². The highest BCUT2D eigenvalue weighted by Crippen LogP contribution is 2.37. The van der Waals surface area contributed by atoms with E-state index in [0.29, 0.717) is 68.3 Å². The van der Waals surface area contributed by atoms with E-state index in [1.807, 2.05) is 6.07 Å². The number of benzene rings is 2. The minimum Gasteiger partial charge on any atom is -0.393 e. The maximum Gasteiger partial charge on any atom is 0.393 e. The fraction of sp³-hybridized carbons (Fsp3) is 0.554. The van der Waals surface area contributed by atoms with Crippen LogP contribution in [0.25, 0.3) is 10.9 Å². The fourth-order valence-electron chi connectivity index (χ4n) is 12.4. The normalized spacial score (nSPS) is 23.7. The number of aliphatic hydroxyl groups is 1. The van der Waals surface area contributed by atoms with Crippen LogP contribution in [0, 0.1) is 23.7 Å². The van der Waals surface area contributed by atoms with Gasteiger partial charge in [-0.15, -0.1) is 0 Å². The summed E-state index contributed by atoms with van der Waals surface area (Å²) >= 11 is 0. The van der Waals surface area contributed by atoms with E-state index < -0.39 is 98.2 Å². The Morgan fingerprint density at radius 2 is 1.70 bits per heavy atom. The van der Waals surface area contributed by atoms with Crippen molar-refractivity contribution in [2.75, 3.05) is 13.1 Å². The number of piperidine rings is 2. The summed E-state index contributed by atoms with van der Waals surface area (Å²) in [4.78, 5) is 129. The van der Waals surface area contributed by atoms with Crippen LogP contribution >= 0.6 is 8.69 Å². The number of aliphatic hydroxyl groups excluding tert-OH is 1. The summed E-state index contributed by atoms with van der Waals surface area (Å²) in [5.41, 5.74) is 7.14. The Hall–Kier alpha value is -7.15. The summed E-state index contributed by atoms with van der Waals surface area (Å²) in [5.74, 6) is 1.77. The van der Waals surface area contributed by atoms with Crippen LogP contribution in [0.1, 0.15) is 153 Å². The van der Waals surface area contributed by atoms with Crippen molar-refractivity contribution in [2.45, 2.75) is 171 Å². The molecule has 4 saturated heterocycles. The van der Waals surface area contributed by atoms with E-state index in [0.717, 1.165) is 43.4 Å². The largest absolute Gasteiger partial charge is 0.393 e. The first-order chi connectivity index (χ1) is 38.4. The molecule has 1 saturated carbocycles. The monoisotopic (exact) mass is 1130 g/mol. The standard InChI is InChI=1S/C56H66F2N9O12P/c57-56(58,79-80-78)35-13-16-40-34(27-35)28-43(60-40)50(72)62-42-17-15-37(68)29-36-14-19-45(67(36)54(42)76)52(74)61-41(18-21-46(59)69)49(71)64-48(33-9-2-1-3-10-33)55(77)65-25-23-31(24-26-65)7-4-5-8-32-11-6-12-38-39(32)30-66(53(38)75)44-20-22-47(70)63-51(44)73/h6,11-13,16,27-28,31,33,36-37,41-42,44-45,48,60,68H,1-4,7,9-10,14-15,17-26,29-30H2,(H2,59,69)(H,61,74)(H,62,72)(H,64,71)(H,63,70,73)/t36-,37-,41+,42+,44?,45+,48+/m1/s1. The molecule has 24 heteroatoms. The van der Waals surface area contributed by atoms with Crippen LogP contribution in [0.3, 0.4) is 0 Å². The number of hydrogen-bond donors (Lipinski definition) is 7. The Kier molecular flexibility index (Phi) is 18.1. The number of imide groups is 1. The molecule has 2 aromatic carbocycles. The van der Waals surface area contributed by atoms with Crippen molar-refractivity contribution in [3.8, 4) is 11.8 Å². The number of carbonyl (C=O) groups is 9. The van der Waals surface area contributed by atoms with Crippen LogP contribution in [-0.4, -0.2) is 133 Å². The molecule has 6 heterocycles. The quantitative estimate of drug-likeness (QED) is 0.0572. The van der Waals surface area contributed by atoms with E-state index in [4.69, 9.17) is 5.73 Å². The van der Waals surface area contributed by atoms with Gasteiger partial charge in [-0.05, 0) is 131 Å². The first-order valence-electron chi connectivity index (χ1n) is 27.6. The first kappa shape index (κ1) is 57.5. The van der Waals surface area contributed by atoms with Crippen molar-refractivity contribution in [1.82, 2.24) is 41.0 Å². The molecule has 0 radical (unpaired) electrons. The molecule has 3 aromatic rings. The van der Waals surface area contributed by atoms with Crippen LogP contribution in [0.15, 0.2) is 42.5 Å². The van der Waals surface area contributed by atoms with Crippen molar-refractivity contribution in [2.24, 2.45) is 17.6 Å². The number of nitrogens with zero attached hydrogens (tertiary/aromatic N) is 3. The molecule has 6 aliphatic rings. The molecule has 21 nitrogen and oxygen atoms in total. The number of likely N-dealkylation sites (tertiary alicyclic amines) is 1. The lowest BCUT2D eigenvalue weighted by molar-refractivity contribution is -0.178. The molecular weight excluding hydrogens is 1060 g/mol. The molecule has 80 heavy (non-hydrogen) atoms. The lowest BCUT2D eigenvalue weighted by Gasteiger charge is -2.38. The smallest absolute Gasteiger partial charge is 0.393 e. The number of H-pyrrole nitrogens is 1. The number of nitrogens with two attached hydrogens (primary N) is 1. The van der Waals surface area contributed by atoms with Gasteiger partial charge in [0.05, 0.1) is 11.7 Å². The van der Waals surface area contributed by atoms with E-state index >= 15 is 0 Å². The van der Waals surface area contributed by atoms with Crippen molar-refractivity contribution < 1.29 is 66.1 Å². The summed E-state index contributed by atoms with van der Waals surface area (Å²) in [6.07, 6.45) is 2.80. The topological polar surface area (TPSA) is 300 Å². The molecule has 0 bridgehead atoms. The molecule has 5 fully saturated rings. The number of fused-ring (bicyclic) bond motifs is 3. The minimum absolute atomic E-state index is 0.00346. The summed E-state index contributed by atoms with van der Waals surface area (Å²) in [7, 11) is -1.23. The lowest BCUT2D eigenvalue weighted by atomic mass is 9.82. The Bertz CT molecular complexity index is 3000. The lowest BCUT2D eigenvalue weighted by Crippen LogP contribution is -2.60. The number of hydrogen-bond acceptors (Lipinski definition) is 12. The van der Waals surface area contributed by atoms with Gasteiger partial charge in [-0.2, -0.15) is 8.78 Å². The molecule has 1 aliphatic carbocycles. The second-order valence-corrected chi connectivity index (χ2v) is 22.3. The Labute approximate surface area is 461 Å². The van der Waals surface area contributed by atoms with Gasteiger partial charge in [-0.25, -0.2) is 9.09 Å². The molecule has 0 spiro atoms. The van der Waals surface area contributed by atoms with Crippen LogP contribution in [0.5, 0.6) is 0 Å². The van der Waals surface area contributed by atoms with E-state index in [2.05, 4.69) is 42.6 Å². The summed E-state index contributed by atoms with van der Waals surface area (Å²) in [5, 5.41) is 22.0. The molecule has 9 amide bonds. The highest BCUT2D eigenvalue weighted by molar-refractivity contribution is 7.17. The molecule has 1 aromatic heterocycles. The molecule has 1 unspecified atom stereocenters. The molecular formula is C56H66F2N9O12P. The third-order valence-corrected chi connectivity index (χ3v) is 17.1. The second-order valence-electron chi connectivity index (χ2n) is 21.9. The Balaban J connectivity index is 0.823. The minimum atomic E-state index is -3.88. The van der Waals surface area contributed by atoms with E-state index in [1.165, 1.54) is 21.9 Å². The van der Waals surface area contributed by atoms with Crippen molar-refractivity contribution in [3.63, 3.8) is 0 Å². The van der Waals surface area contributed by atoms with Gasteiger partial charge in [0.15, 0.2) is 0 Å². The SMILES string of the molecule is NC(=O)CC[C@H](NC(=O)[C@@H]1CC[C@@H]2C[C@H](O)CC[C@H](NC(=O)c3cc4cc(C(F)(F)OP=O)ccc4[nH]3)C(=O)N21)C(=O)N[C@H](C(=O)N1CCC(CCC#Cc2cccc3c2CN(C2CCC(=O)NC2=O)C3=O)CC1)C1CCCCC1. The highest BCUT2D eigenvalue weighted by Gasteiger charge is 2.47. The summed E-state index contributed by atoms with van der Waals surface area (Å²) in [6, 6.07) is 4.09. The molecule has 5 aliphatic heterocycles. The zero-order valence-electron chi connectivity index (χ0n) is 44.1. The van der Waals surface area contributed by atoms with Crippen LogP contribution in [0.2, 0.25) is 0 Å². The molecule has 7 atom stereocenters. The van der Waals surface area contributed by atoms with Crippen LogP contribution in [0.4, 0.5) is 8.78 Å². The highest BCUT2D eigenvalue weighted by atomic mass is 31.1. The number of carbonyl (C=O) groups excluding carboxylic acids is 9. The fourth-order valence-corrected chi connectivity index (χ4v) is 12.6. The van der Waals surface area contributed by atoms with E-state index in [9.17, 15) is 61.6 Å². The number of halogens is 2. The zero-order valence-corrected chi connectivity index (χ0v) is 45.0. The molecule has 8 N–H and O–H groups in total. The number of amides is 9. The third-order valence-electron chi connectivity index (χ3n) is 16.8. The summed E-state index contributed by atoms with van der Waals surface area (Å²) < 4.78 is 43.5. The molecule has 426 valence electrons. The predicted octanol–water partition coefficient (Wildman–Crippen LogP) is 4.09. The Morgan fingerprint density at radius 1 is 0.925 bits per heavy atom. The van der Waals surface area contributed by atoms with Gasteiger partial charge in [0.1, 0.15) is 35.9 Å². The number of primary amides is 1. The van der Waals surface area contributed by atoms with Crippen molar-refractivity contribution in [1.29, 1.82) is 0 Å².